The van der Waals surface area contributed by atoms with Crippen LogP contribution in [0.2, 0.25) is 0 Å². The zero-order chi connectivity index (χ0) is 12.0. The zero-order valence-corrected chi connectivity index (χ0v) is 7.67. The van der Waals surface area contributed by atoms with Crippen molar-refractivity contribution in [3.8, 4) is 0 Å². The van der Waals surface area contributed by atoms with Crippen molar-refractivity contribution < 1.29 is 30.5 Å². The molecular formula is C7H13NO7. The third-order valence-electron chi connectivity index (χ3n) is 1.69. The van der Waals surface area contributed by atoms with Crippen molar-refractivity contribution in [1.82, 2.24) is 0 Å². The molecule has 0 aromatic rings. The number of hydrogen-bond acceptors (Lipinski definition) is 7. The Morgan fingerprint density at radius 1 is 1.20 bits per heavy atom. The summed E-state index contributed by atoms with van der Waals surface area (Å²) in [4.78, 5) is 9.00. The van der Waals surface area contributed by atoms with Crippen LogP contribution in [0.4, 0.5) is 0 Å². The number of hydrogen-bond donors (Lipinski definition) is 5. The first kappa shape index (κ1) is 13.9. The minimum absolute atomic E-state index is 0.395. The van der Waals surface area contributed by atoms with E-state index in [0.29, 0.717) is 12.3 Å². The summed E-state index contributed by atoms with van der Waals surface area (Å²) in [6.07, 6.45) is -5.89. The van der Waals surface area contributed by atoms with Gasteiger partial charge in [0.25, 0.3) is 0 Å². The van der Waals surface area contributed by atoms with E-state index < -0.39 is 35.9 Å². The SMILES string of the molecule is O=[N+]([O-])/C=C/[C@@H](O)[C@@H](O)[C@H](O)[C@H](O)CO. The molecule has 5 N–H and O–H groups in total. The summed E-state index contributed by atoms with van der Waals surface area (Å²) in [5.74, 6) is 0. The highest BCUT2D eigenvalue weighted by molar-refractivity contribution is 4.92. The second-order valence-electron chi connectivity index (χ2n) is 2.85. The van der Waals surface area contributed by atoms with Crippen molar-refractivity contribution in [2.75, 3.05) is 6.61 Å². The lowest BCUT2D eigenvalue weighted by Gasteiger charge is -2.23. The first-order valence-electron chi connectivity index (χ1n) is 4.05. The van der Waals surface area contributed by atoms with Gasteiger partial charge in [-0.1, -0.05) is 0 Å². The van der Waals surface area contributed by atoms with E-state index in [0.717, 1.165) is 0 Å². The van der Waals surface area contributed by atoms with Crippen LogP contribution in [0.1, 0.15) is 0 Å². The van der Waals surface area contributed by atoms with Gasteiger partial charge in [0.1, 0.15) is 24.4 Å². The molecule has 4 atom stereocenters. The van der Waals surface area contributed by atoms with Gasteiger partial charge in [-0.05, 0) is 0 Å². The molecule has 0 aliphatic rings. The minimum atomic E-state index is -1.82. The molecule has 88 valence electrons. The Morgan fingerprint density at radius 3 is 2.13 bits per heavy atom. The number of rotatable bonds is 6. The summed E-state index contributed by atoms with van der Waals surface area (Å²) in [5.41, 5.74) is 0. The molecule has 0 fully saturated rings. The van der Waals surface area contributed by atoms with Gasteiger partial charge in [0, 0.05) is 6.08 Å². The molecule has 0 aromatic heterocycles. The molecule has 0 unspecified atom stereocenters. The Hall–Kier alpha value is -1.06. The maximum Gasteiger partial charge on any atom is 0.233 e. The van der Waals surface area contributed by atoms with E-state index in [1.54, 1.807) is 0 Å². The van der Waals surface area contributed by atoms with Crippen LogP contribution in [0.5, 0.6) is 0 Å². The van der Waals surface area contributed by atoms with Crippen LogP contribution in [-0.2, 0) is 0 Å². The molecule has 0 aliphatic heterocycles. The fraction of sp³-hybridized carbons (Fsp3) is 0.714. The van der Waals surface area contributed by atoms with Gasteiger partial charge in [-0.2, -0.15) is 0 Å². The molecule has 0 saturated heterocycles. The Labute approximate surface area is 84.9 Å². The molecule has 0 heterocycles. The first-order valence-corrected chi connectivity index (χ1v) is 4.05. The van der Waals surface area contributed by atoms with E-state index in [-0.39, 0.29) is 0 Å². The smallest absolute Gasteiger partial charge is 0.233 e. The summed E-state index contributed by atoms with van der Waals surface area (Å²) in [5, 5.41) is 54.5. The average Bonchev–Trinajstić information content (AvgIpc) is 2.22. The monoisotopic (exact) mass is 223 g/mol. The molecule has 8 nitrogen and oxygen atoms in total. The Bertz CT molecular complexity index is 231. The number of aliphatic hydroxyl groups is 5. The molecule has 0 bridgehead atoms. The summed E-state index contributed by atoms with van der Waals surface area (Å²) in [6, 6.07) is 0. The maximum atomic E-state index is 9.86. The Morgan fingerprint density at radius 2 is 1.73 bits per heavy atom. The average molecular weight is 223 g/mol. The lowest BCUT2D eigenvalue weighted by Crippen LogP contribution is -2.45. The van der Waals surface area contributed by atoms with Crippen molar-refractivity contribution in [1.29, 1.82) is 0 Å². The van der Waals surface area contributed by atoms with Gasteiger partial charge in [0.05, 0.1) is 11.5 Å². The van der Waals surface area contributed by atoms with Crippen molar-refractivity contribution in [3.05, 3.63) is 22.4 Å². The second kappa shape index (κ2) is 6.43. The van der Waals surface area contributed by atoms with Crippen molar-refractivity contribution in [3.63, 3.8) is 0 Å². The number of nitro groups is 1. The van der Waals surface area contributed by atoms with Crippen LogP contribution in [0, 0.1) is 10.1 Å². The Kier molecular flexibility index (Phi) is 5.97. The van der Waals surface area contributed by atoms with Gasteiger partial charge in [-0.3, -0.25) is 10.1 Å². The van der Waals surface area contributed by atoms with E-state index in [1.165, 1.54) is 0 Å². The van der Waals surface area contributed by atoms with E-state index in [2.05, 4.69) is 0 Å². The van der Waals surface area contributed by atoms with Gasteiger partial charge in [-0.25, -0.2) is 0 Å². The molecule has 0 aliphatic carbocycles. The lowest BCUT2D eigenvalue weighted by molar-refractivity contribution is -0.403. The molecule has 0 amide bonds. The predicted octanol–water partition coefficient (Wildman–Crippen LogP) is -2.79. The molecule has 8 heteroatoms. The molecular weight excluding hydrogens is 210 g/mol. The van der Waals surface area contributed by atoms with Crippen molar-refractivity contribution >= 4 is 0 Å². The maximum absolute atomic E-state index is 9.86. The van der Waals surface area contributed by atoms with Crippen LogP contribution < -0.4 is 0 Å². The van der Waals surface area contributed by atoms with Gasteiger partial charge in [0.2, 0.25) is 6.20 Å². The van der Waals surface area contributed by atoms with E-state index >= 15 is 0 Å². The van der Waals surface area contributed by atoms with Crippen molar-refractivity contribution in [2.24, 2.45) is 0 Å². The van der Waals surface area contributed by atoms with Gasteiger partial charge in [0.15, 0.2) is 0 Å². The first-order chi connectivity index (χ1) is 6.90. The molecule has 0 radical (unpaired) electrons. The summed E-state index contributed by atoms with van der Waals surface area (Å²) >= 11 is 0. The number of nitrogens with zero attached hydrogens (tertiary/aromatic N) is 1. The topological polar surface area (TPSA) is 144 Å². The van der Waals surface area contributed by atoms with Gasteiger partial charge in [-0.15, -0.1) is 0 Å². The van der Waals surface area contributed by atoms with E-state index in [1.807, 2.05) is 0 Å². The minimum Gasteiger partial charge on any atom is -0.394 e. The highest BCUT2D eigenvalue weighted by atomic mass is 16.6. The molecule has 0 saturated carbocycles. The highest BCUT2D eigenvalue weighted by Gasteiger charge is 2.28. The quantitative estimate of drug-likeness (QED) is 0.242. The Balaban J connectivity index is 4.30. The third-order valence-corrected chi connectivity index (χ3v) is 1.69. The molecule has 0 spiro atoms. The fourth-order valence-corrected chi connectivity index (χ4v) is 0.810. The number of aliphatic hydroxyl groups excluding tert-OH is 5. The van der Waals surface area contributed by atoms with Gasteiger partial charge >= 0.3 is 0 Å². The third kappa shape index (κ3) is 4.81. The summed E-state index contributed by atoms with van der Waals surface area (Å²) in [7, 11) is 0. The molecule has 0 rings (SSSR count). The van der Waals surface area contributed by atoms with Gasteiger partial charge < -0.3 is 25.5 Å². The predicted molar refractivity (Wildman–Crippen MR) is 47.2 cm³/mol. The van der Waals surface area contributed by atoms with E-state index in [4.69, 9.17) is 25.5 Å². The van der Waals surface area contributed by atoms with Crippen LogP contribution in [0.15, 0.2) is 12.3 Å². The van der Waals surface area contributed by atoms with Crippen LogP contribution in [0.25, 0.3) is 0 Å². The summed E-state index contributed by atoms with van der Waals surface area (Å²) < 4.78 is 0. The van der Waals surface area contributed by atoms with Crippen LogP contribution in [-0.4, -0.2) is 61.5 Å². The molecule has 0 aromatic carbocycles. The van der Waals surface area contributed by atoms with E-state index in [9.17, 15) is 10.1 Å². The largest absolute Gasteiger partial charge is 0.394 e. The molecule has 15 heavy (non-hydrogen) atoms. The summed E-state index contributed by atoms with van der Waals surface area (Å²) in [6.45, 7) is -0.802. The van der Waals surface area contributed by atoms with Crippen molar-refractivity contribution in [2.45, 2.75) is 24.4 Å². The second-order valence-corrected chi connectivity index (χ2v) is 2.85. The normalized spacial score (nSPS) is 19.8. The van der Waals surface area contributed by atoms with Crippen LogP contribution >= 0.6 is 0 Å². The fourth-order valence-electron chi connectivity index (χ4n) is 0.810. The van der Waals surface area contributed by atoms with Crippen LogP contribution in [0.3, 0.4) is 0 Å². The zero-order valence-electron chi connectivity index (χ0n) is 7.67. The lowest BCUT2D eigenvalue weighted by atomic mass is 10.0. The highest BCUT2D eigenvalue weighted by Crippen LogP contribution is 2.05. The standard InChI is InChI=1S/C7H13NO7/c9-3-5(11)7(13)6(12)4(10)1-2-8(14)15/h1-2,4-7,9-13H,3H2/b2-1+/t4-,5-,6-,7-/m1/s1.